The van der Waals surface area contributed by atoms with E-state index in [1.807, 2.05) is 0 Å². The number of amides is 1. The summed E-state index contributed by atoms with van der Waals surface area (Å²) in [6.07, 6.45) is 4.36. The monoisotopic (exact) mass is 769 g/mol. The molecule has 0 saturated heterocycles. The maximum absolute atomic E-state index is 14.2. The average molecular weight is 770 g/mol. The molecule has 2 N–H and O–H groups in total. The number of ether oxygens (including phenoxy) is 5. The van der Waals surface area contributed by atoms with Crippen molar-refractivity contribution in [3.63, 3.8) is 0 Å². The Balaban J connectivity index is 1.63. The van der Waals surface area contributed by atoms with Crippen LogP contribution >= 0.6 is 0 Å². The summed E-state index contributed by atoms with van der Waals surface area (Å²) in [5.41, 5.74) is 2.03. The minimum Gasteiger partial charge on any atom is -0.496 e. The van der Waals surface area contributed by atoms with Gasteiger partial charge in [-0.05, 0) is 80.0 Å². The topological polar surface area (TPSA) is 180 Å². The lowest BCUT2D eigenvalue weighted by Crippen LogP contribution is -2.28. The van der Waals surface area contributed by atoms with Gasteiger partial charge in [0.05, 0.1) is 26.2 Å². The lowest BCUT2D eigenvalue weighted by molar-refractivity contribution is -0.142. The van der Waals surface area contributed by atoms with Gasteiger partial charge < -0.3 is 34.4 Å². The number of unbranched alkanes of at least 4 members (excludes halogenated alkanes) is 3. The number of carbonyl (C=O) groups is 5. The number of methoxy groups -OCH3 is 1. The van der Waals surface area contributed by atoms with Crippen LogP contribution in [0.3, 0.4) is 0 Å². The zero-order chi connectivity index (χ0) is 40.8. The van der Waals surface area contributed by atoms with Crippen LogP contribution in [0.15, 0.2) is 55.1 Å². The Bertz CT molecular complexity index is 1920. The van der Waals surface area contributed by atoms with Crippen LogP contribution in [0.5, 0.6) is 5.75 Å². The molecule has 13 heteroatoms. The fourth-order valence-corrected chi connectivity index (χ4v) is 5.70. The number of nitrogens with one attached hydrogen (secondary N) is 2. The highest BCUT2D eigenvalue weighted by molar-refractivity contribution is 6.09. The summed E-state index contributed by atoms with van der Waals surface area (Å²) < 4.78 is 26.4. The fourth-order valence-electron chi connectivity index (χ4n) is 5.70. The number of rotatable bonds is 21. The second-order valence-electron chi connectivity index (χ2n) is 13.8. The van der Waals surface area contributed by atoms with Crippen molar-refractivity contribution >= 4 is 41.6 Å². The number of pyridine rings is 1. The van der Waals surface area contributed by atoms with Gasteiger partial charge in [0.25, 0.3) is 5.91 Å². The van der Waals surface area contributed by atoms with Gasteiger partial charge in [0, 0.05) is 42.3 Å². The number of Topliss-reactive ketones (excluding diaryl/α,β-unsaturated/α-hetero) is 1. The first kappa shape index (κ1) is 42.9. The number of hydrogen-bond donors (Lipinski definition) is 2. The highest BCUT2D eigenvalue weighted by atomic mass is 16.8. The van der Waals surface area contributed by atoms with Gasteiger partial charge >= 0.3 is 18.1 Å². The molecule has 1 aromatic heterocycles. The molecule has 2 aromatic carbocycles. The predicted molar refractivity (Wildman–Crippen MR) is 210 cm³/mol. The van der Waals surface area contributed by atoms with E-state index in [-0.39, 0.29) is 52.4 Å². The largest absolute Gasteiger partial charge is 0.511 e. The SMILES string of the molecule is C=Cc1cc(C(=O)Cc2ccc(C(=N)CC(=O)OCCCCCC)cc2)c(-c2ccc(C(=O)NCC3CC3)nc2C(=O)OC(C)OC(=O)OC(C)C)cc1OC. The normalized spacial score (nSPS) is 12.6. The van der Waals surface area contributed by atoms with Crippen molar-refractivity contribution in [3.05, 3.63) is 88.8 Å². The van der Waals surface area contributed by atoms with Gasteiger partial charge in [-0.1, -0.05) is 63.1 Å². The fraction of sp³-hybridized carbons (Fsp3) is 0.419. The van der Waals surface area contributed by atoms with Crippen molar-refractivity contribution in [2.24, 2.45) is 5.92 Å². The molecule has 56 heavy (non-hydrogen) atoms. The van der Waals surface area contributed by atoms with Crippen LogP contribution in [0, 0.1) is 11.3 Å². The van der Waals surface area contributed by atoms with Gasteiger partial charge in [-0.3, -0.25) is 14.4 Å². The lowest BCUT2D eigenvalue weighted by Gasteiger charge is -2.18. The quantitative estimate of drug-likeness (QED) is 0.0268. The van der Waals surface area contributed by atoms with Crippen LogP contribution in [0.4, 0.5) is 4.79 Å². The van der Waals surface area contributed by atoms with Crippen molar-refractivity contribution < 1.29 is 47.7 Å². The van der Waals surface area contributed by atoms with Crippen molar-refractivity contribution in [2.45, 2.75) is 91.5 Å². The standard InChI is InChI=1S/C43H51N3O10/c1-7-9-10-11-20-53-39(48)24-35(44)31-16-14-28(15-17-31)21-37(47)34-22-30(8-2)38(52-6)23-33(34)32-18-19-36(41(49)45-25-29-12-13-29)46-40(32)42(50)55-27(5)56-43(51)54-26(3)4/h8,14-19,22-23,26-27,29,44H,2,7,9-13,20-21,24-25H2,1,3-6H3,(H,45,49). The van der Waals surface area contributed by atoms with Gasteiger partial charge in [0.1, 0.15) is 11.4 Å². The average Bonchev–Trinajstić information content (AvgIpc) is 4.00. The molecule has 1 aliphatic carbocycles. The summed E-state index contributed by atoms with van der Waals surface area (Å²) in [7, 11) is 1.45. The highest BCUT2D eigenvalue weighted by Gasteiger charge is 2.28. The van der Waals surface area contributed by atoms with Crippen LogP contribution in [-0.2, 0) is 30.2 Å². The number of benzene rings is 2. The Kier molecular flexibility index (Phi) is 15.9. The van der Waals surface area contributed by atoms with Crippen LogP contribution < -0.4 is 10.1 Å². The summed E-state index contributed by atoms with van der Waals surface area (Å²) in [4.78, 5) is 69.8. The Hall–Kier alpha value is -5.85. The van der Waals surface area contributed by atoms with Gasteiger partial charge in [-0.25, -0.2) is 14.6 Å². The first-order valence-corrected chi connectivity index (χ1v) is 18.9. The molecular weight excluding hydrogens is 718 g/mol. The number of hydrogen-bond acceptors (Lipinski definition) is 12. The Morgan fingerprint density at radius 3 is 2.32 bits per heavy atom. The predicted octanol–water partition coefficient (Wildman–Crippen LogP) is 7.91. The molecule has 1 atom stereocenters. The molecule has 0 spiro atoms. The minimum atomic E-state index is -1.39. The van der Waals surface area contributed by atoms with E-state index in [0.29, 0.717) is 41.5 Å². The van der Waals surface area contributed by atoms with E-state index in [1.54, 1.807) is 50.2 Å². The number of aromatic nitrogens is 1. The van der Waals surface area contributed by atoms with Crippen molar-refractivity contribution in [3.8, 4) is 16.9 Å². The minimum absolute atomic E-state index is 0.0532. The molecule has 1 fully saturated rings. The second kappa shape index (κ2) is 20.7. The summed E-state index contributed by atoms with van der Waals surface area (Å²) in [5, 5.41) is 11.2. The molecule has 13 nitrogen and oxygen atoms in total. The molecule has 0 aliphatic heterocycles. The Morgan fingerprint density at radius 1 is 0.946 bits per heavy atom. The van der Waals surface area contributed by atoms with E-state index < -0.39 is 36.4 Å². The third kappa shape index (κ3) is 12.6. The van der Waals surface area contributed by atoms with Crippen molar-refractivity contribution in [1.29, 1.82) is 5.41 Å². The van der Waals surface area contributed by atoms with E-state index in [1.165, 1.54) is 32.2 Å². The summed E-state index contributed by atoms with van der Waals surface area (Å²) >= 11 is 0. The van der Waals surface area contributed by atoms with E-state index >= 15 is 0 Å². The van der Waals surface area contributed by atoms with E-state index in [2.05, 4.69) is 23.8 Å². The summed E-state index contributed by atoms with van der Waals surface area (Å²) in [6, 6.07) is 12.9. The third-order valence-corrected chi connectivity index (χ3v) is 8.87. The van der Waals surface area contributed by atoms with Crippen LogP contribution in [0.1, 0.15) is 121 Å². The number of esters is 2. The Morgan fingerprint density at radius 2 is 1.68 bits per heavy atom. The molecule has 1 unspecified atom stereocenters. The molecule has 298 valence electrons. The lowest BCUT2D eigenvalue weighted by atomic mass is 9.90. The third-order valence-electron chi connectivity index (χ3n) is 8.87. The van der Waals surface area contributed by atoms with Gasteiger partial charge in [0.15, 0.2) is 11.5 Å². The van der Waals surface area contributed by atoms with Crippen LogP contribution in [0.2, 0.25) is 0 Å². The molecular formula is C43H51N3O10. The molecule has 1 amide bonds. The summed E-state index contributed by atoms with van der Waals surface area (Å²) in [6.45, 7) is 11.4. The first-order chi connectivity index (χ1) is 26.8. The van der Waals surface area contributed by atoms with E-state index in [4.69, 9.17) is 29.1 Å². The van der Waals surface area contributed by atoms with Crippen molar-refractivity contribution in [1.82, 2.24) is 10.3 Å². The molecule has 0 bridgehead atoms. The molecule has 3 aromatic rings. The smallest absolute Gasteiger partial charge is 0.496 e. The number of carbonyl (C=O) groups excluding carboxylic acids is 5. The van der Waals surface area contributed by atoms with Gasteiger partial charge in [0.2, 0.25) is 6.29 Å². The first-order valence-electron chi connectivity index (χ1n) is 18.9. The maximum atomic E-state index is 14.2. The number of ketones is 1. The number of nitrogens with zero attached hydrogens (tertiary/aromatic N) is 1. The molecule has 4 rings (SSSR count). The molecule has 1 saturated carbocycles. The molecule has 1 aliphatic rings. The highest BCUT2D eigenvalue weighted by Crippen LogP contribution is 2.35. The van der Waals surface area contributed by atoms with Gasteiger partial charge in [-0.2, -0.15) is 0 Å². The van der Waals surface area contributed by atoms with Gasteiger partial charge in [-0.15, -0.1) is 0 Å². The van der Waals surface area contributed by atoms with E-state index in [9.17, 15) is 24.0 Å². The summed E-state index contributed by atoms with van der Waals surface area (Å²) in [5.74, 6) is -1.56. The van der Waals surface area contributed by atoms with Crippen molar-refractivity contribution in [2.75, 3.05) is 20.3 Å². The van der Waals surface area contributed by atoms with Crippen LogP contribution in [0.25, 0.3) is 17.2 Å². The Labute approximate surface area is 327 Å². The zero-order valence-electron chi connectivity index (χ0n) is 32.7. The zero-order valence-corrected chi connectivity index (χ0v) is 32.7. The molecule has 0 radical (unpaired) electrons. The maximum Gasteiger partial charge on any atom is 0.511 e. The van der Waals surface area contributed by atoms with Crippen LogP contribution in [-0.4, -0.2) is 73.1 Å². The molecule has 1 heterocycles. The second-order valence-corrected chi connectivity index (χ2v) is 13.8. The van der Waals surface area contributed by atoms with E-state index in [0.717, 1.165) is 38.5 Å².